The standard InChI is InChI=1S/C15H10F2N2S/c16-9-5-6-14(11(17)7-9)20-15-10-3-1-2-4-13(10)19-8-12(15)18/h1-8H,18H2. The predicted octanol–water partition coefficient (Wildman–Crippen LogP) is 4.25. The molecule has 3 rings (SSSR count). The molecule has 0 aliphatic rings. The van der Waals surface area contributed by atoms with Crippen LogP contribution in [-0.4, -0.2) is 4.98 Å². The van der Waals surface area contributed by atoms with Gasteiger partial charge in [0, 0.05) is 21.2 Å². The number of nitrogens with zero attached hydrogens (tertiary/aromatic N) is 1. The van der Waals surface area contributed by atoms with Crippen molar-refractivity contribution >= 4 is 28.4 Å². The van der Waals surface area contributed by atoms with Gasteiger partial charge in [-0.15, -0.1) is 0 Å². The van der Waals surface area contributed by atoms with Crippen LogP contribution in [0.5, 0.6) is 0 Å². The van der Waals surface area contributed by atoms with Crippen LogP contribution in [0.3, 0.4) is 0 Å². The first-order valence-electron chi connectivity index (χ1n) is 5.91. The topological polar surface area (TPSA) is 38.9 Å². The van der Waals surface area contributed by atoms with Crippen molar-refractivity contribution in [2.75, 3.05) is 5.73 Å². The molecule has 0 saturated carbocycles. The summed E-state index contributed by atoms with van der Waals surface area (Å²) in [6, 6.07) is 11.0. The van der Waals surface area contributed by atoms with Crippen molar-refractivity contribution in [3.63, 3.8) is 0 Å². The summed E-state index contributed by atoms with van der Waals surface area (Å²) in [6.45, 7) is 0. The van der Waals surface area contributed by atoms with E-state index in [4.69, 9.17) is 5.73 Å². The Hall–Kier alpha value is -2.14. The van der Waals surface area contributed by atoms with Crippen LogP contribution in [0.25, 0.3) is 10.9 Å². The molecule has 0 atom stereocenters. The minimum atomic E-state index is -0.602. The van der Waals surface area contributed by atoms with E-state index in [1.807, 2.05) is 24.3 Å². The van der Waals surface area contributed by atoms with Gasteiger partial charge in [-0.25, -0.2) is 8.78 Å². The maximum atomic E-state index is 13.8. The molecule has 2 aromatic carbocycles. The van der Waals surface area contributed by atoms with Crippen LogP contribution in [-0.2, 0) is 0 Å². The third kappa shape index (κ3) is 2.32. The lowest BCUT2D eigenvalue weighted by Crippen LogP contribution is -1.93. The number of pyridine rings is 1. The Morgan fingerprint density at radius 3 is 2.65 bits per heavy atom. The summed E-state index contributed by atoms with van der Waals surface area (Å²) < 4.78 is 26.7. The molecule has 0 amide bonds. The van der Waals surface area contributed by atoms with Crippen molar-refractivity contribution in [1.82, 2.24) is 4.98 Å². The first kappa shape index (κ1) is 12.9. The van der Waals surface area contributed by atoms with Crippen LogP contribution < -0.4 is 5.73 Å². The molecule has 0 radical (unpaired) electrons. The lowest BCUT2D eigenvalue weighted by molar-refractivity contribution is 0.566. The third-order valence-electron chi connectivity index (χ3n) is 2.86. The first-order chi connectivity index (χ1) is 9.65. The number of para-hydroxylation sites is 1. The monoisotopic (exact) mass is 288 g/mol. The van der Waals surface area contributed by atoms with E-state index in [9.17, 15) is 8.78 Å². The zero-order valence-electron chi connectivity index (χ0n) is 10.3. The highest BCUT2D eigenvalue weighted by molar-refractivity contribution is 7.99. The van der Waals surface area contributed by atoms with Crippen molar-refractivity contribution in [3.8, 4) is 0 Å². The van der Waals surface area contributed by atoms with Gasteiger partial charge in [0.25, 0.3) is 0 Å². The Bertz CT molecular complexity index is 790. The molecule has 1 aromatic heterocycles. The van der Waals surface area contributed by atoms with Crippen LogP contribution in [0.2, 0.25) is 0 Å². The number of fused-ring (bicyclic) bond motifs is 1. The Balaban J connectivity index is 2.12. The predicted molar refractivity (Wildman–Crippen MR) is 76.6 cm³/mol. The van der Waals surface area contributed by atoms with Crippen LogP contribution in [0.1, 0.15) is 0 Å². The molecule has 0 unspecified atom stereocenters. The number of benzene rings is 2. The molecule has 2 N–H and O–H groups in total. The van der Waals surface area contributed by atoms with E-state index in [1.54, 1.807) is 6.20 Å². The molecule has 0 bridgehead atoms. The molecule has 5 heteroatoms. The molecule has 100 valence electrons. The molecule has 3 aromatic rings. The summed E-state index contributed by atoms with van der Waals surface area (Å²) in [6.07, 6.45) is 1.55. The summed E-state index contributed by atoms with van der Waals surface area (Å²) in [5, 5.41) is 0.848. The second-order valence-electron chi connectivity index (χ2n) is 4.24. The van der Waals surface area contributed by atoms with E-state index in [0.29, 0.717) is 10.6 Å². The molecule has 0 spiro atoms. The lowest BCUT2D eigenvalue weighted by Gasteiger charge is -2.09. The number of rotatable bonds is 2. The largest absolute Gasteiger partial charge is 0.397 e. The Morgan fingerprint density at radius 1 is 1.05 bits per heavy atom. The quantitative estimate of drug-likeness (QED) is 0.766. The zero-order valence-corrected chi connectivity index (χ0v) is 11.1. The van der Waals surface area contributed by atoms with Gasteiger partial charge in [0.05, 0.1) is 17.4 Å². The van der Waals surface area contributed by atoms with Gasteiger partial charge in [0.15, 0.2) is 0 Å². The van der Waals surface area contributed by atoms with E-state index >= 15 is 0 Å². The summed E-state index contributed by atoms with van der Waals surface area (Å²) in [5.41, 5.74) is 7.19. The van der Waals surface area contributed by atoms with Gasteiger partial charge in [0.2, 0.25) is 0 Å². The Kier molecular flexibility index (Phi) is 3.28. The van der Waals surface area contributed by atoms with Gasteiger partial charge in [-0.05, 0) is 18.2 Å². The van der Waals surface area contributed by atoms with Crippen molar-refractivity contribution in [1.29, 1.82) is 0 Å². The highest BCUT2D eigenvalue weighted by atomic mass is 32.2. The second-order valence-corrected chi connectivity index (χ2v) is 5.29. The van der Waals surface area contributed by atoms with E-state index < -0.39 is 11.6 Å². The molecule has 20 heavy (non-hydrogen) atoms. The van der Waals surface area contributed by atoms with E-state index in [1.165, 1.54) is 23.9 Å². The first-order valence-corrected chi connectivity index (χ1v) is 6.73. The highest BCUT2D eigenvalue weighted by Gasteiger charge is 2.11. The smallest absolute Gasteiger partial charge is 0.140 e. The Morgan fingerprint density at radius 2 is 1.85 bits per heavy atom. The summed E-state index contributed by atoms with van der Waals surface area (Å²) >= 11 is 1.17. The molecule has 1 heterocycles. The van der Waals surface area contributed by atoms with Crippen LogP contribution in [0.4, 0.5) is 14.5 Å². The van der Waals surface area contributed by atoms with Crippen molar-refractivity contribution < 1.29 is 8.78 Å². The molecule has 2 nitrogen and oxygen atoms in total. The molecule has 0 fully saturated rings. The number of nitrogen functional groups attached to an aromatic ring is 1. The van der Waals surface area contributed by atoms with E-state index in [-0.39, 0.29) is 0 Å². The molecule has 0 saturated heterocycles. The average Bonchev–Trinajstić information content (AvgIpc) is 2.44. The number of hydrogen-bond acceptors (Lipinski definition) is 3. The summed E-state index contributed by atoms with van der Waals surface area (Å²) in [4.78, 5) is 5.28. The fourth-order valence-corrected chi connectivity index (χ4v) is 2.88. The fraction of sp³-hybridized carbons (Fsp3) is 0. The normalized spacial score (nSPS) is 10.9. The maximum absolute atomic E-state index is 13.8. The van der Waals surface area contributed by atoms with E-state index in [0.717, 1.165) is 21.9 Å². The van der Waals surface area contributed by atoms with Crippen LogP contribution in [0, 0.1) is 11.6 Å². The van der Waals surface area contributed by atoms with Gasteiger partial charge in [-0.1, -0.05) is 30.0 Å². The second kappa shape index (κ2) is 5.09. The van der Waals surface area contributed by atoms with Gasteiger partial charge in [0.1, 0.15) is 11.6 Å². The van der Waals surface area contributed by atoms with Crippen molar-refractivity contribution in [2.45, 2.75) is 9.79 Å². The number of halogens is 2. The highest BCUT2D eigenvalue weighted by Crippen LogP contribution is 2.38. The minimum Gasteiger partial charge on any atom is -0.397 e. The number of hydrogen-bond donors (Lipinski definition) is 1. The van der Waals surface area contributed by atoms with Crippen molar-refractivity contribution in [3.05, 3.63) is 60.3 Å². The molecule has 0 aliphatic carbocycles. The van der Waals surface area contributed by atoms with Gasteiger partial charge >= 0.3 is 0 Å². The summed E-state index contributed by atoms with van der Waals surface area (Å²) in [5.74, 6) is -1.20. The number of anilines is 1. The maximum Gasteiger partial charge on any atom is 0.140 e. The molecule has 0 aliphatic heterocycles. The average molecular weight is 288 g/mol. The lowest BCUT2D eigenvalue weighted by atomic mass is 10.2. The van der Waals surface area contributed by atoms with Crippen LogP contribution >= 0.6 is 11.8 Å². The van der Waals surface area contributed by atoms with Gasteiger partial charge < -0.3 is 5.73 Å². The molecular weight excluding hydrogens is 278 g/mol. The molecular formula is C15H10F2N2S. The zero-order chi connectivity index (χ0) is 14.1. The number of aromatic nitrogens is 1. The number of nitrogens with two attached hydrogens (primary N) is 1. The third-order valence-corrected chi connectivity index (χ3v) is 4.07. The van der Waals surface area contributed by atoms with Gasteiger partial charge in [-0.3, -0.25) is 4.98 Å². The van der Waals surface area contributed by atoms with Crippen LogP contribution in [0.15, 0.2) is 58.5 Å². The van der Waals surface area contributed by atoms with E-state index in [2.05, 4.69) is 4.98 Å². The van der Waals surface area contributed by atoms with Crippen molar-refractivity contribution in [2.24, 2.45) is 0 Å². The Labute approximate surface area is 118 Å². The summed E-state index contributed by atoms with van der Waals surface area (Å²) in [7, 11) is 0. The van der Waals surface area contributed by atoms with Gasteiger partial charge in [-0.2, -0.15) is 0 Å². The minimum absolute atomic E-state index is 0.328. The fourth-order valence-electron chi connectivity index (χ4n) is 1.91. The SMILES string of the molecule is Nc1cnc2ccccc2c1Sc1ccc(F)cc1F.